The van der Waals surface area contributed by atoms with Gasteiger partial charge in [0, 0.05) is 5.02 Å². The Kier molecular flexibility index (Phi) is 3.54. The number of rotatable bonds is 2. The Bertz CT molecular complexity index is 569. The van der Waals surface area contributed by atoms with Crippen molar-refractivity contribution in [1.29, 1.82) is 0 Å². The Hall–Kier alpha value is -1.38. The van der Waals surface area contributed by atoms with E-state index in [2.05, 4.69) is 0 Å². The molecule has 0 amide bonds. The maximum atomic E-state index is 6.46. The maximum Gasteiger partial charge on any atom is 0.161 e. The third-order valence-electron chi connectivity index (χ3n) is 3.05. The largest absolute Gasteiger partial charge is 0.486 e. The summed E-state index contributed by atoms with van der Waals surface area (Å²) in [6.45, 7) is 0.438. The minimum absolute atomic E-state index is 0.210. The summed E-state index contributed by atoms with van der Waals surface area (Å²) in [7, 11) is 0. The SMILES string of the molecule is Clc1ccc(C(Cl)C2COc3ccccc3O2)cc1. The van der Waals surface area contributed by atoms with Gasteiger partial charge in [0.2, 0.25) is 0 Å². The van der Waals surface area contributed by atoms with E-state index in [-0.39, 0.29) is 11.5 Å². The molecule has 98 valence electrons. The van der Waals surface area contributed by atoms with Gasteiger partial charge in [-0.25, -0.2) is 0 Å². The van der Waals surface area contributed by atoms with Gasteiger partial charge in [-0.1, -0.05) is 35.9 Å². The van der Waals surface area contributed by atoms with Crippen molar-refractivity contribution in [3.63, 3.8) is 0 Å². The van der Waals surface area contributed by atoms with Crippen LogP contribution < -0.4 is 9.47 Å². The molecule has 2 unspecified atom stereocenters. The highest BCUT2D eigenvalue weighted by molar-refractivity contribution is 6.30. The molecule has 0 bridgehead atoms. The lowest BCUT2D eigenvalue weighted by molar-refractivity contribution is 0.0877. The Labute approximate surface area is 121 Å². The standard InChI is InChI=1S/C15H12Cl2O2/c16-11-7-5-10(6-8-11)15(17)14-9-18-12-3-1-2-4-13(12)19-14/h1-8,14-15H,9H2. The van der Waals surface area contributed by atoms with E-state index >= 15 is 0 Å². The normalized spacial score (nSPS) is 18.9. The van der Waals surface area contributed by atoms with Crippen LogP contribution in [0.2, 0.25) is 5.02 Å². The second kappa shape index (κ2) is 5.32. The lowest BCUT2D eigenvalue weighted by Crippen LogP contribution is -2.32. The second-order valence-corrected chi connectivity index (χ2v) is 5.27. The molecule has 1 heterocycles. The highest BCUT2D eigenvalue weighted by Crippen LogP contribution is 2.36. The summed E-state index contributed by atoms with van der Waals surface area (Å²) in [6.07, 6.45) is -0.210. The minimum atomic E-state index is -0.273. The second-order valence-electron chi connectivity index (χ2n) is 4.37. The summed E-state index contributed by atoms with van der Waals surface area (Å²) in [5, 5.41) is 0.421. The zero-order valence-electron chi connectivity index (χ0n) is 10.1. The average molecular weight is 295 g/mol. The number of benzene rings is 2. The van der Waals surface area contributed by atoms with Gasteiger partial charge in [-0.15, -0.1) is 11.6 Å². The van der Waals surface area contributed by atoms with Crippen LogP contribution in [0, 0.1) is 0 Å². The van der Waals surface area contributed by atoms with Gasteiger partial charge in [-0.05, 0) is 29.8 Å². The third-order valence-corrected chi connectivity index (χ3v) is 3.83. The number of ether oxygens (including phenoxy) is 2. The summed E-state index contributed by atoms with van der Waals surface area (Å²) >= 11 is 12.3. The molecule has 3 rings (SSSR count). The number of alkyl halides is 1. The van der Waals surface area contributed by atoms with Gasteiger partial charge in [-0.2, -0.15) is 0 Å². The van der Waals surface area contributed by atoms with E-state index in [1.54, 1.807) is 0 Å². The topological polar surface area (TPSA) is 18.5 Å². The summed E-state index contributed by atoms with van der Waals surface area (Å²) in [6, 6.07) is 15.1. The van der Waals surface area contributed by atoms with Crippen LogP contribution in [-0.4, -0.2) is 12.7 Å². The molecule has 0 saturated carbocycles. The molecule has 0 radical (unpaired) electrons. The van der Waals surface area contributed by atoms with Crippen molar-refractivity contribution in [2.45, 2.75) is 11.5 Å². The van der Waals surface area contributed by atoms with Crippen molar-refractivity contribution in [2.75, 3.05) is 6.61 Å². The van der Waals surface area contributed by atoms with Gasteiger partial charge in [0.1, 0.15) is 6.61 Å². The molecule has 1 aliphatic heterocycles. The molecule has 2 nitrogen and oxygen atoms in total. The molecule has 0 spiro atoms. The average Bonchev–Trinajstić information content (AvgIpc) is 2.47. The Balaban J connectivity index is 1.79. The highest BCUT2D eigenvalue weighted by atomic mass is 35.5. The third kappa shape index (κ3) is 2.65. The lowest BCUT2D eigenvalue weighted by atomic mass is 10.1. The zero-order chi connectivity index (χ0) is 13.2. The van der Waals surface area contributed by atoms with Crippen LogP contribution in [0.15, 0.2) is 48.5 Å². The molecular formula is C15H12Cl2O2. The molecular weight excluding hydrogens is 283 g/mol. The molecule has 0 N–H and O–H groups in total. The molecule has 2 aromatic rings. The number of fused-ring (bicyclic) bond motifs is 1. The van der Waals surface area contributed by atoms with Crippen LogP contribution in [0.4, 0.5) is 0 Å². The van der Waals surface area contributed by atoms with E-state index in [9.17, 15) is 0 Å². The minimum Gasteiger partial charge on any atom is -0.486 e. The van der Waals surface area contributed by atoms with Gasteiger partial charge < -0.3 is 9.47 Å². The first-order valence-corrected chi connectivity index (χ1v) is 6.83. The van der Waals surface area contributed by atoms with Crippen molar-refractivity contribution in [2.24, 2.45) is 0 Å². The van der Waals surface area contributed by atoms with Crippen LogP contribution in [0.25, 0.3) is 0 Å². The van der Waals surface area contributed by atoms with Crippen molar-refractivity contribution >= 4 is 23.2 Å². The van der Waals surface area contributed by atoms with Gasteiger partial charge in [0.25, 0.3) is 0 Å². The van der Waals surface area contributed by atoms with Gasteiger partial charge in [0.15, 0.2) is 17.6 Å². The van der Waals surface area contributed by atoms with Crippen LogP contribution >= 0.6 is 23.2 Å². The smallest absolute Gasteiger partial charge is 0.161 e. The predicted molar refractivity (Wildman–Crippen MR) is 76.4 cm³/mol. The van der Waals surface area contributed by atoms with E-state index < -0.39 is 0 Å². The molecule has 1 aliphatic rings. The molecule has 0 fully saturated rings. The molecule has 2 aromatic carbocycles. The van der Waals surface area contributed by atoms with Crippen molar-refractivity contribution in [3.05, 3.63) is 59.1 Å². The maximum absolute atomic E-state index is 6.46. The number of para-hydroxylation sites is 2. The Morgan fingerprint density at radius 2 is 1.68 bits per heavy atom. The van der Waals surface area contributed by atoms with Crippen molar-refractivity contribution in [1.82, 2.24) is 0 Å². The summed E-state index contributed by atoms with van der Waals surface area (Å²) < 4.78 is 11.6. The van der Waals surface area contributed by atoms with Gasteiger partial charge >= 0.3 is 0 Å². The number of hydrogen-bond acceptors (Lipinski definition) is 2. The van der Waals surface area contributed by atoms with E-state index in [0.717, 1.165) is 17.1 Å². The van der Waals surface area contributed by atoms with Gasteiger partial charge in [-0.3, -0.25) is 0 Å². The number of halogens is 2. The van der Waals surface area contributed by atoms with E-state index in [0.29, 0.717) is 11.6 Å². The Morgan fingerprint density at radius 3 is 2.42 bits per heavy atom. The van der Waals surface area contributed by atoms with Gasteiger partial charge in [0.05, 0.1) is 5.38 Å². The van der Waals surface area contributed by atoms with Crippen molar-refractivity contribution in [3.8, 4) is 11.5 Å². The van der Waals surface area contributed by atoms with Crippen LogP contribution in [0.1, 0.15) is 10.9 Å². The predicted octanol–water partition coefficient (Wildman–Crippen LogP) is 4.46. The molecule has 19 heavy (non-hydrogen) atoms. The fourth-order valence-corrected chi connectivity index (χ4v) is 2.44. The van der Waals surface area contributed by atoms with Crippen LogP contribution in [-0.2, 0) is 0 Å². The quantitative estimate of drug-likeness (QED) is 0.762. The van der Waals surface area contributed by atoms with E-state index in [4.69, 9.17) is 32.7 Å². The fourth-order valence-electron chi connectivity index (χ4n) is 2.04. The first-order valence-electron chi connectivity index (χ1n) is 6.02. The monoisotopic (exact) mass is 294 g/mol. The summed E-state index contributed by atoms with van der Waals surface area (Å²) in [5.74, 6) is 1.50. The molecule has 0 aliphatic carbocycles. The zero-order valence-corrected chi connectivity index (χ0v) is 11.6. The van der Waals surface area contributed by atoms with Crippen LogP contribution in [0.5, 0.6) is 11.5 Å². The fraction of sp³-hybridized carbons (Fsp3) is 0.200. The molecule has 0 aromatic heterocycles. The molecule has 4 heteroatoms. The first kappa shape index (κ1) is 12.6. The van der Waals surface area contributed by atoms with E-state index in [1.165, 1.54) is 0 Å². The van der Waals surface area contributed by atoms with E-state index in [1.807, 2.05) is 48.5 Å². The summed E-state index contributed by atoms with van der Waals surface area (Å²) in [5.41, 5.74) is 0.971. The number of hydrogen-bond donors (Lipinski definition) is 0. The highest BCUT2D eigenvalue weighted by Gasteiger charge is 2.28. The van der Waals surface area contributed by atoms with Crippen molar-refractivity contribution < 1.29 is 9.47 Å². The molecule has 0 saturated heterocycles. The lowest BCUT2D eigenvalue weighted by Gasteiger charge is -2.29. The Morgan fingerprint density at radius 1 is 1.00 bits per heavy atom. The molecule has 2 atom stereocenters. The first-order chi connectivity index (χ1) is 9.24. The summed E-state index contributed by atoms with van der Waals surface area (Å²) in [4.78, 5) is 0. The van der Waals surface area contributed by atoms with Crippen LogP contribution in [0.3, 0.4) is 0 Å².